The number of aromatic nitrogens is 3. The smallest absolute Gasteiger partial charge is 0.344 e. The Balaban J connectivity index is 1.22. The van der Waals surface area contributed by atoms with Gasteiger partial charge < -0.3 is 24.8 Å². The average molecular weight is 532 g/mol. The second-order valence-corrected chi connectivity index (χ2v) is 9.06. The highest BCUT2D eigenvalue weighted by atomic mass is 19.1. The predicted molar refractivity (Wildman–Crippen MR) is 139 cm³/mol. The van der Waals surface area contributed by atoms with E-state index in [9.17, 15) is 19.1 Å². The molecule has 0 bridgehead atoms. The number of aromatic hydroxyl groups is 1. The van der Waals surface area contributed by atoms with Crippen molar-refractivity contribution in [3.63, 3.8) is 0 Å². The van der Waals surface area contributed by atoms with E-state index in [-0.39, 0.29) is 24.0 Å². The summed E-state index contributed by atoms with van der Waals surface area (Å²) in [6.07, 6.45) is 4.58. The van der Waals surface area contributed by atoms with Gasteiger partial charge in [0.15, 0.2) is 6.23 Å². The molecule has 39 heavy (non-hydrogen) atoms. The third-order valence-electron chi connectivity index (χ3n) is 6.19. The van der Waals surface area contributed by atoms with Crippen LogP contribution in [0.1, 0.15) is 23.1 Å². The van der Waals surface area contributed by atoms with Gasteiger partial charge in [0.05, 0.1) is 24.9 Å². The van der Waals surface area contributed by atoms with Crippen molar-refractivity contribution in [2.45, 2.75) is 25.5 Å². The SMILES string of the molecule is CN1C(=O)CC(NC(=O)n2cc(Cc3cccc(F)c3)cn2)Oc2ccc(OCCc3ccnc(O)c3)cc21. The zero-order chi connectivity index (χ0) is 27.4. The van der Waals surface area contributed by atoms with Crippen molar-refractivity contribution >= 4 is 17.6 Å². The van der Waals surface area contributed by atoms with Gasteiger partial charge in [-0.05, 0) is 47.0 Å². The number of carbonyl (C=O) groups is 2. The Morgan fingerprint density at radius 3 is 2.87 bits per heavy atom. The van der Waals surface area contributed by atoms with Gasteiger partial charge in [-0.1, -0.05) is 12.1 Å². The Morgan fingerprint density at radius 1 is 1.18 bits per heavy atom. The highest BCUT2D eigenvalue weighted by Crippen LogP contribution is 2.35. The van der Waals surface area contributed by atoms with E-state index in [1.807, 2.05) is 0 Å². The van der Waals surface area contributed by atoms with Gasteiger partial charge in [-0.3, -0.25) is 4.79 Å². The van der Waals surface area contributed by atoms with Crippen LogP contribution in [0.25, 0.3) is 0 Å². The molecule has 2 aromatic carbocycles. The number of halogens is 1. The second kappa shape index (κ2) is 11.2. The van der Waals surface area contributed by atoms with Gasteiger partial charge in [0.1, 0.15) is 17.3 Å². The number of rotatable bonds is 7. The summed E-state index contributed by atoms with van der Waals surface area (Å²) in [4.78, 5) is 30.9. The zero-order valence-electron chi connectivity index (χ0n) is 21.1. The van der Waals surface area contributed by atoms with Crippen LogP contribution in [0.5, 0.6) is 17.4 Å². The average Bonchev–Trinajstić information content (AvgIpc) is 3.33. The van der Waals surface area contributed by atoms with E-state index in [0.29, 0.717) is 36.6 Å². The molecule has 0 fully saturated rings. The van der Waals surface area contributed by atoms with Gasteiger partial charge in [-0.15, -0.1) is 0 Å². The Hall–Kier alpha value is -4.93. The molecule has 2 aromatic heterocycles. The molecule has 0 aliphatic carbocycles. The molecular weight excluding hydrogens is 505 g/mol. The monoisotopic (exact) mass is 531 g/mol. The molecule has 0 spiro atoms. The van der Waals surface area contributed by atoms with Crippen LogP contribution in [0.2, 0.25) is 0 Å². The lowest BCUT2D eigenvalue weighted by molar-refractivity contribution is -0.119. The summed E-state index contributed by atoms with van der Waals surface area (Å²) in [6.45, 7) is 0.352. The number of nitrogens with zero attached hydrogens (tertiary/aromatic N) is 4. The molecular formula is C28H26FN5O5. The van der Waals surface area contributed by atoms with Crippen LogP contribution in [0, 0.1) is 5.82 Å². The maximum atomic E-state index is 13.5. The van der Waals surface area contributed by atoms with Crippen molar-refractivity contribution in [1.82, 2.24) is 20.1 Å². The third-order valence-corrected chi connectivity index (χ3v) is 6.19. The van der Waals surface area contributed by atoms with Crippen LogP contribution in [-0.4, -0.2) is 51.7 Å². The molecule has 1 unspecified atom stereocenters. The molecule has 0 radical (unpaired) electrons. The third kappa shape index (κ3) is 6.32. The fraction of sp³-hybridized carbons (Fsp3) is 0.214. The largest absolute Gasteiger partial charge is 0.493 e. The Bertz CT molecular complexity index is 1510. The van der Waals surface area contributed by atoms with Crippen LogP contribution >= 0.6 is 0 Å². The van der Waals surface area contributed by atoms with Crippen molar-refractivity contribution < 1.29 is 28.6 Å². The summed E-state index contributed by atoms with van der Waals surface area (Å²) in [5, 5.41) is 16.3. The van der Waals surface area contributed by atoms with Crippen molar-refractivity contribution in [3.8, 4) is 17.4 Å². The van der Waals surface area contributed by atoms with E-state index < -0.39 is 12.3 Å². The summed E-state index contributed by atoms with van der Waals surface area (Å²) in [5.41, 5.74) is 2.87. The number of anilines is 1. The van der Waals surface area contributed by atoms with E-state index in [1.54, 1.807) is 55.7 Å². The first kappa shape index (κ1) is 25.7. The lowest BCUT2D eigenvalue weighted by atomic mass is 10.1. The molecule has 5 rings (SSSR count). The molecule has 1 aliphatic rings. The molecule has 10 nitrogen and oxygen atoms in total. The van der Waals surface area contributed by atoms with E-state index in [1.165, 1.54) is 29.4 Å². The molecule has 2 amide bonds. The van der Waals surface area contributed by atoms with Gasteiger partial charge >= 0.3 is 6.03 Å². The fourth-order valence-electron chi connectivity index (χ4n) is 4.21. The molecule has 1 atom stereocenters. The van der Waals surface area contributed by atoms with Gasteiger partial charge in [0, 0.05) is 44.4 Å². The molecule has 4 aromatic rings. The van der Waals surface area contributed by atoms with Crippen molar-refractivity contribution in [2.75, 3.05) is 18.6 Å². The van der Waals surface area contributed by atoms with E-state index in [0.717, 1.165) is 21.4 Å². The molecule has 11 heteroatoms. The van der Waals surface area contributed by atoms with Crippen LogP contribution in [-0.2, 0) is 17.6 Å². The first-order valence-electron chi connectivity index (χ1n) is 12.3. The Labute approximate surface area is 223 Å². The second-order valence-electron chi connectivity index (χ2n) is 9.06. The number of hydrogen-bond acceptors (Lipinski definition) is 7. The summed E-state index contributed by atoms with van der Waals surface area (Å²) in [6, 6.07) is 14.1. The van der Waals surface area contributed by atoms with Crippen LogP contribution in [0.4, 0.5) is 14.9 Å². The first-order chi connectivity index (χ1) is 18.8. The minimum atomic E-state index is -0.921. The number of ether oxygens (including phenoxy) is 2. The molecule has 0 saturated heterocycles. The molecule has 2 N–H and O–H groups in total. The van der Waals surface area contributed by atoms with Crippen LogP contribution in [0.15, 0.2) is 73.2 Å². The number of fused-ring (bicyclic) bond motifs is 1. The highest BCUT2D eigenvalue weighted by molar-refractivity contribution is 5.96. The number of carbonyl (C=O) groups excluding carboxylic acids is 2. The topological polar surface area (TPSA) is 119 Å². The molecule has 200 valence electrons. The normalized spacial score (nSPS) is 14.8. The molecule has 0 saturated carbocycles. The maximum absolute atomic E-state index is 13.5. The van der Waals surface area contributed by atoms with Gasteiger partial charge in [-0.2, -0.15) is 9.78 Å². The highest BCUT2D eigenvalue weighted by Gasteiger charge is 2.28. The number of hydrogen-bond donors (Lipinski definition) is 2. The van der Waals surface area contributed by atoms with Gasteiger partial charge in [-0.25, -0.2) is 14.2 Å². The van der Waals surface area contributed by atoms with E-state index in [4.69, 9.17) is 9.47 Å². The number of amides is 2. The standard InChI is InChI=1S/C28H26FN5O5/c1-33-23-14-22(38-10-8-18-7-9-30-25(35)13-18)5-6-24(23)39-26(15-27(33)36)32-28(37)34-17-20(16-31-34)11-19-3-2-4-21(29)12-19/h2-7,9,12-14,16-17,26H,8,10-11,15H2,1H3,(H,30,35)(H,32,37). The molecule has 1 aliphatic heterocycles. The molecule has 3 heterocycles. The lowest BCUT2D eigenvalue weighted by Gasteiger charge is -2.18. The Kier molecular flexibility index (Phi) is 7.39. The lowest BCUT2D eigenvalue weighted by Crippen LogP contribution is -2.43. The summed E-state index contributed by atoms with van der Waals surface area (Å²) < 4.78 is 26.4. The summed E-state index contributed by atoms with van der Waals surface area (Å²) in [5.74, 6) is 0.319. The first-order valence-corrected chi connectivity index (χ1v) is 12.3. The number of benzene rings is 2. The zero-order valence-corrected chi connectivity index (χ0v) is 21.1. The quantitative estimate of drug-likeness (QED) is 0.374. The van der Waals surface area contributed by atoms with Crippen molar-refractivity contribution in [2.24, 2.45) is 0 Å². The van der Waals surface area contributed by atoms with E-state index >= 15 is 0 Å². The predicted octanol–water partition coefficient (Wildman–Crippen LogP) is 3.66. The maximum Gasteiger partial charge on any atom is 0.344 e. The summed E-state index contributed by atoms with van der Waals surface area (Å²) >= 11 is 0. The number of nitrogens with one attached hydrogen (secondary N) is 1. The minimum absolute atomic E-state index is 0.0478. The minimum Gasteiger partial charge on any atom is -0.493 e. The van der Waals surface area contributed by atoms with Crippen molar-refractivity contribution in [1.29, 1.82) is 0 Å². The number of pyridine rings is 1. The van der Waals surface area contributed by atoms with Gasteiger partial charge in [0.25, 0.3) is 0 Å². The van der Waals surface area contributed by atoms with Crippen LogP contribution < -0.4 is 19.7 Å². The van der Waals surface area contributed by atoms with Crippen LogP contribution in [0.3, 0.4) is 0 Å². The summed E-state index contributed by atoms with van der Waals surface area (Å²) in [7, 11) is 1.63. The Morgan fingerprint density at radius 2 is 2.05 bits per heavy atom. The van der Waals surface area contributed by atoms with Gasteiger partial charge in [0.2, 0.25) is 11.8 Å². The van der Waals surface area contributed by atoms with Crippen molar-refractivity contribution in [3.05, 3.63) is 95.7 Å². The van der Waals surface area contributed by atoms with E-state index in [2.05, 4.69) is 15.4 Å². The fourth-order valence-corrected chi connectivity index (χ4v) is 4.21.